The molecule has 0 unspecified atom stereocenters. The number of anilines is 1. The number of aliphatic hydroxyl groups is 1. The van der Waals surface area contributed by atoms with Crippen molar-refractivity contribution in [1.82, 2.24) is 14.3 Å². The number of hydrogen-bond acceptors (Lipinski definition) is 6. The van der Waals surface area contributed by atoms with Crippen LogP contribution < -0.4 is 5.73 Å². The Labute approximate surface area is 138 Å². The average Bonchev–Trinajstić information content (AvgIpc) is 2.44. The van der Waals surface area contributed by atoms with E-state index in [-0.39, 0.29) is 29.0 Å². The van der Waals surface area contributed by atoms with Crippen LogP contribution in [0.1, 0.15) is 5.69 Å². The van der Waals surface area contributed by atoms with E-state index in [0.717, 1.165) is 0 Å². The lowest BCUT2D eigenvalue weighted by Gasteiger charge is -2.34. The van der Waals surface area contributed by atoms with E-state index in [9.17, 15) is 13.5 Å². The summed E-state index contributed by atoms with van der Waals surface area (Å²) in [5.74, 6) is 0.155. The molecule has 1 fully saturated rings. The van der Waals surface area contributed by atoms with E-state index in [1.165, 1.54) is 16.4 Å². The smallest absolute Gasteiger partial charge is 0.244 e. The number of halogens is 1. The van der Waals surface area contributed by atoms with Crippen LogP contribution in [0, 0.1) is 6.92 Å². The first-order valence-electron chi connectivity index (χ1n) is 6.86. The Morgan fingerprint density at radius 2 is 2.09 bits per heavy atom. The van der Waals surface area contributed by atoms with Crippen molar-refractivity contribution in [1.29, 1.82) is 0 Å². The van der Waals surface area contributed by atoms with Crippen molar-refractivity contribution in [3.05, 3.63) is 35.1 Å². The largest absolute Gasteiger partial charge is 0.390 e. The van der Waals surface area contributed by atoms with Crippen molar-refractivity contribution in [3.63, 3.8) is 0 Å². The Hall–Kier alpha value is -1.74. The fourth-order valence-corrected chi connectivity index (χ4v) is 4.40. The highest BCUT2D eigenvalue weighted by Crippen LogP contribution is 2.32. The zero-order valence-corrected chi connectivity index (χ0v) is 13.8. The van der Waals surface area contributed by atoms with Gasteiger partial charge in [0.1, 0.15) is 4.90 Å². The van der Waals surface area contributed by atoms with E-state index in [4.69, 9.17) is 17.3 Å². The van der Waals surface area contributed by atoms with Gasteiger partial charge in [0.2, 0.25) is 16.0 Å². The molecule has 2 heterocycles. The van der Waals surface area contributed by atoms with E-state index in [1.54, 1.807) is 19.2 Å². The first kappa shape index (κ1) is 16.1. The number of aromatic nitrogens is 2. The average molecular weight is 355 g/mol. The fraction of sp³-hybridized carbons (Fsp3) is 0.286. The number of β-amino-alcohol motifs (C(OH)–C–C–N with tert-alkyl or cyclic N) is 1. The molecule has 122 valence electrons. The summed E-state index contributed by atoms with van der Waals surface area (Å²) in [5.41, 5.74) is 7.49. The molecule has 1 aliphatic rings. The molecule has 0 bridgehead atoms. The summed E-state index contributed by atoms with van der Waals surface area (Å²) in [5, 5.41) is 9.45. The number of rotatable bonds is 3. The molecule has 0 amide bonds. The van der Waals surface area contributed by atoms with Crippen LogP contribution in [0.3, 0.4) is 0 Å². The molecule has 0 aliphatic carbocycles. The summed E-state index contributed by atoms with van der Waals surface area (Å²) >= 11 is 6.08. The first-order chi connectivity index (χ1) is 10.8. The van der Waals surface area contributed by atoms with E-state index in [1.807, 2.05) is 0 Å². The van der Waals surface area contributed by atoms with Gasteiger partial charge < -0.3 is 10.8 Å². The van der Waals surface area contributed by atoms with Gasteiger partial charge in [-0.05, 0) is 24.6 Å². The van der Waals surface area contributed by atoms with Gasteiger partial charge in [0.05, 0.1) is 16.8 Å². The van der Waals surface area contributed by atoms with Crippen molar-refractivity contribution in [2.24, 2.45) is 0 Å². The molecular weight excluding hydrogens is 340 g/mol. The van der Waals surface area contributed by atoms with Gasteiger partial charge in [0.15, 0.2) is 0 Å². The highest BCUT2D eigenvalue weighted by molar-refractivity contribution is 7.89. The summed E-state index contributed by atoms with van der Waals surface area (Å²) in [7, 11) is -3.74. The third-order valence-corrected chi connectivity index (χ3v) is 6.00. The maximum absolute atomic E-state index is 12.6. The third-order valence-electron chi connectivity index (χ3n) is 3.69. The lowest BCUT2D eigenvalue weighted by Crippen LogP contribution is -2.53. The SMILES string of the molecule is Cc1nc(N)ncc1-c1ccc(Cl)c(S(=O)(=O)N2CC(O)C2)c1. The second-order valence-electron chi connectivity index (χ2n) is 5.35. The lowest BCUT2D eigenvalue weighted by molar-refractivity contribution is 0.0548. The topological polar surface area (TPSA) is 109 Å². The van der Waals surface area contributed by atoms with Crippen LogP contribution in [0.4, 0.5) is 5.95 Å². The Kier molecular flexibility index (Phi) is 4.01. The summed E-state index contributed by atoms with van der Waals surface area (Å²) in [6.07, 6.45) is 0.921. The van der Waals surface area contributed by atoms with Gasteiger partial charge in [-0.25, -0.2) is 18.4 Å². The highest BCUT2D eigenvalue weighted by atomic mass is 35.5. The standard InChI is InChI=1S/C14H15ClN4O3S/c1-8-11(5-17-14(16)18-8)9-2-3-12(15)13(4-9)23(21,22)19-6-10(20)7-19/h2-5,10,20H,6-7H2,1H3,(H2,16,17,18). The maximum Gasteiger partial charge on any atom is 0.244 e. The Bertz CT molecular complexity index is 866. The van der Waals surface area contributed by atoms with Crippen molar-refractivity contribution in [3.8, 4) is 11.1 Å². The zero-order valence-electron chi connectivity index (χ0n) is 12.3. The predicted octanol–water partition coefficient (Wildman–Crippen LogP) is 1.05. The van der Waals surface area contributed by atoms with Crippen LogP contribution in [0.15, 0.2) is 29.3 Å². The van der Waals surface area contributed by atoms with Gasteiger partial charge in [-0.1, -0.05) is 17.7 Å². The number of nitrogens with two attached hydrogens (primary N) is 1. The van der Waals surface area contributed by atoms with Gasteiger partial charge in [-0.15, -0.1) is 0 Å². The van der Waals surface area contributed by atoms with Crippen molar-refractivity contribution < 1.29 is 13.5 Å². The number of aryl methyl sites for hydroxylation is 1. The molecule has 9 heteroatoms. The molecule has 7 nitrogen and oxygen atoms in total. The van der Waals surface area contributed by atoms with E-state index >= 15 is 0 Å². The summed E-state index contributed by atoms with van der Waals surface area (Å²) in [4.78, 5) is 8.02. The first-order valence-corrected chi connectivity index (χ1v) is 8.68. The molecule has 0 saturated carbocycles. The number of nitrogens with zero attached hydrogens (tertiary/aromatic N) is 3. The molecule has 23 heavy (non-hydrogen) atoms. The summed E-state index contributed by atoms with van der Waals surface area (Å²) in [6.45, 7) is 1.92. The highest BCUT2D eigenvalue weighted by Gasteiger charge is 2.36. The molecule has 3 N–H and O–H groups in total. The molecule has 0 atom stereocenters. The minimum atomic E-state index is -3.74. The quantitative estimate of drug-likeness (QED) is 0.852. The molecule has 0 radical (unpaired) electrons. The molecule has 1 aliphatic heterocycles. The monoisotopic (exact) mass is 354 g/mol. The molecule has 1 saturated heterocycles. The van der Waals surface area contributed by atoms with Crippen molar-refractivity contribution >= 4 is 27.6 Å². The minimum absolute atomic E-state index is 0.000193. The maximum atomic E-state index is 12.6. The molecule has 0 spiro atoms. The lowest BCUT2D eigenvalue weighted by atomic mass is 10.1. The van der Waals surface area contributed by atoms with Crippen LogP contribution in [0.25, 0.3) is 11.1 Å². The van der Waals surface area contributed by atoms with Crippen LogP contribution in [0.5, 0.6) is 0 Å². The number of hydrogen-bond donors (Lipinski definition) is 2. The van der Waals surface area contributed by atoms with E-state index in [0.29, 0.717) is 16.8 Å². The molecule has 1 aromatic carbocycles. The second-order valence-corrected chi connectivity index (χ2v) is 7.66. The summed E-state index contributed by atoms with van der Waals surface area (Å²) < 4.78 is 26.4. The Morgan fingerprint density at radius 1 is 1.39 bits per heavy atom. The van der Waals surface area contributed by atoms with Gasteiger partial charge in [0, 0.05) is 24.8 Å². The Balaban J connectivity index is 2.06. The number of benzene rings is 1. The zero-order chi connectivity index (χ0) is 16.8. The van der Waals surface area contributed by atoms with Gasteiger partial charge in [-0.2, -0.15) is 4.31 Å². The van der Waals surface area contributed by atoms with Crippen LogP contribution in [-0.4, -0.2) is 47.0 Å². The predicted molar refractivity (Wildman–Crippen MR) is 86.4 cm³/mol. The van der Waals surface area contributed by atoms with Crippen LogP contribution >= 0.6 is 11.6 Å². The number of nitrogen functional groups attached to an aromatic ring is 1. The second kappa shape index (κ2) is 5.72. The van der Waals surface area contributed by atoms with E-state index in [2.05, 4.69) is 9.97 Å². The number of aliphatic hydroxyl groups excluding tert-OH is 1. The molecule has 3 rings (SSSR count). The number of sulfonamides is 1. The van der Waals surface area contributed by atoms with E-state index < -0.39 is 16.1 Å². The molecule has 1 aromatic heterocycles. The molecule has 2 aromatic rings. The fourth-order valence-electron chi connectivity index (χ4n) is 2.39. The van der Waals surface area contributed by atoms with Gasteiger partial charge >= 0.3 is 0 Å². The van der Waals surface area contributed by atoms with Crippen molar-refractivity contribution in [2.45, 2.75) is 17.9 Å². The van der Waals surface area contributed by atoms with Crippen LogP contribution in [-0.2, 0) is 10.0 Å². The third kappa shape index (κ3) is 2.90. The van der Waals surface area contributed by atoms with Crippen LogP contribution in [0.2, 0.25) is 5.02 Å². The summed E-state index contributed by atoms with van der Waals surface area (Å²) in [6, 6.07) is 4.72. The van der Waals surface area contributed by atoms with Gasteiger partial charge in [-0.3, -0.25) is 0 Å². The normalized spacial score (nSPS) is 16.3. The Morgan fingerprint density at radius 3 is 2.70 bits per heavy atom. The van der Waals surface area contributed by atoms with Gasteiger partial charge in [0.25, 0.3) is 0 Å². The molecular formula is C14H15ClN4O3S. The van der Waals surface area contributed by atoms with Crippen molar-refractivity contribution in [2.75, 3.05) is 18.8 Å². The minimum Gasteiger partial charge on any atom is -0.390 e.